The van der Waals surface area contributed by atoms with Crippen molar-refractivity contribution in [2.75, 3.05) is 19.8 Å². The van der Waals surface area contributed by atoms with Gasteiger partial charge in [0.25, 0.3) is 0 Å². The van der Waals surface area contributed by atoms with E-state index in [1.54, 1.807) is 0 Å². The second kappa shape index (κ2) is 12.9. The fraction of sp³-hybridized carbons (Fsp3) is 0.900. The van der Waals surface area contributed by atoms with E-state index in [-0.39, 0.29) is 38.1 Å². The number of epoxide rings is 3. The van der Waals surface area contributed by atoms with Crippen molar-refractivity contribution < 1.29 is 42.8 Å². The summed E-state index contributed by atoms with van der Waals surface area (Å²) in [7, 11) is 0. The fourth-order valence-electron chi connectivity index (χ4n) is 5.68. The van der Waals surface area contributed by atoms with Gasteiger partial charge in [0.05, 0.1) is 23.7 Å². The molecule has 3 saturated heterocycles. The SMILES string of the molecule is CCC[C@@H]1O[C@]1(CC)C(=O)OCC(CC)(COC(=O)[C@]1(CC)O[C@@H]1CCC)COC(=O)[C@@]1(CC)O[C@H]1CCC. The number of carbonyl (C=O) groups is 3. The van der Waals surface area contributed by atoms with E-state index in [4.69, 9.17) is 28.4 Å². The van der Waals surface area contributed by atoms with Crippen LogP contribution in [0.5, 0.6) is 0 Å². The molecule has 0 radical (unpaired) electrons. The molecule has 3 aliphatic rings. The van der Waals surface area contributed by atoms with E-state index in [9.17, 15) is 14.4 Å². The second-order valence-electron chi connectivity index (χ2n) is 11.5. The maximum absolute atomic E-state index is 13.1. The number of carbonyl (C=O) groups excluding carboxylic acids is 3. The van der Waals surface area contributed by atoms with Crippen molar-refractivity contribution in [1.82, 2.24) is 0 Å². The highest BCUT2D eigenvalue weighted by Crippen LogP contribution is 2.46. The van der Waals surface area contributed by atoms with Crippen LogP contribution in [0.3, 0.4) is 0 Å². The summed E-state index contributed by atoms with van der Waals surface area (Å²) < 4.78 is 34.8. The highest BCUT2D eigenvalue weighted by molar-refractivity contribution is 5.84. The molecule has 9 heteroatoms. The Hall–Kier alpha value is -1.71. The Morgan fingerprint density at radius 1 is 0.564 bits per heavy atom. The van der Waals surface area contributed by atoms with E-state index in [1.165, 1.54) is 0 Å². The molecule has 6 atom stereocenters. The first-order valence-electron chi connectivity index (χ1n) is 15.2. The van der Waals surface area contributed by atoms with Gasteiger partial charge < -0.3 is 28.4 Å². The molecule has 224 valence electrons. The van der Waals surface area contributed by atoms with E-state index in [2.05, 4.69) is 0 Å². The van der Waals surface area contributed by atoms with Crippen LogP contribution in [0.25, 0.3) is 0 Å². The Labute approximate surface area is 233 Å². The van der Waals surface area contributed by atoms with Crippen LogP contribution in [-0.2, 0) is 42.8 Å². The molecular weight excluding hydrogens is 504 g/mol. The average Bonchev–Trinajstić information content (AvgIpc) is 3.87. The molecule has 0 N–H and O–H groups in total. The maximum Gasteiger partial charge on any atom is 0.341 e. The molecule has 0 aromatic carbocycles. The number of hydrogen-bond acceptors (Lipinski definition) is 9. The van der Waals surface area contributed by atoms with Crippen LogP contribution in [0, 0.1) is 5.41 Å². The minimum atomic E-state index is -0.925. The molecule has 3 rings (SSSR count). The van der Waals surface area contributed by atoms with Gasteiger partial charge in [-0.15, -0.1) is 0 Å². The first kappa shape index (κ1) is 31.8. The minimum Gasteiger partial charge on any atom is -0.463 e. The molecular formula is C30H50O9. The van der Waals surface area contributed by atoms with Gasteiger partial charge in [-0.2, -0.15) is 0 Å². The molecule has 0 aromatic heterocycles. The van der Waals surface area contributed by atoms with Gasteiger partial charge in [-0.25, -0.2) is 14.4 Å². The molecule has 3 aliphatic heterocycles. The van der Waals surface area contributed by atoms with Crippen molar-refractivity contribution in [1.29, 1.82) is 0 Å². The third-order valence-electron chi connectivity index (χ3n) is 8.99. The van der Waals surface area contributed by atoms with Crippen LogP contribution >= 0.6 is 0 Å². The normalized spacial score (nSPS) is 32.8. The third kappa shape index (κ3) is 6.30. The Kier molecular flexibility index (Phi) is 10.5. The lowest BCUT2D eigenvalue weighted by atomic mass is 9.87. The van der Waals surface area contributed by atoms with Gasteiger partial charge >= 0.3 is 17.9 Å². The minimum absolute atomic E-state index is 0.0659. The van der Waals surface area contributed by atoms with Gasteiger partial charge in [0.15, 0.2) is 16.8 Å². The summed E-state index contributed by atoms with van der Waals surface area (Å²) in [5.74, 6) is -1.26. The molecule has 0 bridgehead atoms. The Morgan fingerprint density at radius 2 is 0.846 bits per heavy atom. The van der Waals surface area contributed by atoms with Crippen LogP contribution in [-0.4, -0.2) is 72.8 Å². The van der Waals surface area contributed by atoms with Crippen LogP contribution in [0.1, 0.15) is 113 Å². The van der Waals surface area contributed by atoms with Gasteiger partial charge in [-0.1, -0.05) is 67.7 Å². The summed E-state index contributed by atoms with van der Waals surface area (Å²) in [5, 5.41) is 0. The van der Waals surface area contributed by atoms with Gasteiger partial charge in [0.1, 0.15) is 19.8 Å². The predicted molar refractivity (Wildman–Crippen MR) is 144 cm³/mol. The Morgan fingerprint density at radius 3 is 1.05 bits per heavy atom. The largest absolute Gasteiger partial charge is 0.463 e. The number of rotatable bonds is 19. The Bertz CT molecular complexity index is 767. The molecule has 9 nitrogen and oxygen atoms in total. The van der Waals surface area contributed by atoms with Crippen LogP contribution < -0.4 is 0 Å². The number of hydrogen-bond donors (Lipinski definition) is 0. The van der Waals surface area contributed by atoms with Gasteiger partial charge in [-0.3, -0.25) is 0 Å². The quantitative estimate of drug-likeness (QED) is 0.123. The molecule has 3 heterocycles. The van der Waals surface area contributed by atoms with Gasteiger partial charge in [0, 0.05) is 0 Å². The lowest BCUT2D eigenvalue weighted by Crippen LogP contribution is -2.43. The summed E-state index contributed by atoms with van der Waals surface area (Å²) in [6, 6.07) is 0. The van der Waals surface area contributed by atoms with Crippen molar-refractivity contribution in [2.24, 2.45) is 5.41 Å². The highest BCUT2D eigenvalue weighted by atomic mass is 16.7. The summed E-state index contributed by atoms with van der Waals surface area (Å²) >= 11 is 0. The van der Waals surface area contributed by atoms with Crippen LogP contribution in [0.2, 0.25) is 0 Å². The zero-order valence-electron chi connectivity index (χ0n) is 25.1. The first-order valence-corrected chi connectivity index (χ1v) is 15.2. The van der Waals surface area contributed by atoms with E-state index in [1.807, 2.05) is 48.5 Å². The molecule has 0 aliphatic carbocycles. The average molecular weight is 555 g/mol. The molecule has 0 amide bonds. The van der Waals surface area contributed by atoms with E-state index in [0.29, 0.717) is 25.7 Å². The summed E-state index contributed by atoms with van der Waals surface area (Å²) in [4.78, 5) is 39.4. The number of esters is 3. The van der Waals surface area contributed by atoms with Crippen molar-refractivity contribution in [3.05, 3.63) is 0 Å². The summed E-state index contributed by atoms with van der Waals surface area (Å²) in [5.41, 5.74) is -3.69. The third-order valence-corrected chi connectivity index (χ3v) is 8.99. The number of ether oxygens (including phenoxy) is 6. The van der Waals surface area contributed by atoms with Gasteiger partial charge in [-0.05, 0) is 44.9 Å². The highest BCUT2D eigenvalue weighted by Gasteiger charge is 2.64. The van der Waals surface area contributed by atoms with Crippen molar-refractivity contribution in [3.63, 3.8) is 0 Å². The monoisotopic (exact) mass is 554 g/mol. The molecule has 3 fully saturated rings. The fourth-order valence-corrected chi connectivity index (χ4v) is 5.68. The Balaban J connectivity index is 1.71. The van der Waals surface area contributed by atoms with E-state index in [0.717, 1.165) is 38.5 Å². The second-order valence-corrected chi connectivity index (χ2v) is 11.5. The first-order chi connectivity index (χ1) is 18.6. The lowest BCUT2D eigenvalue weighted by molar-refractivity contribution is -0.169. The predicted octanol–water partition coefficient (Wildman–Crippen LogP) is 5.06. The summed E-state index contributed by atoms with van der Waals surface area (Å²) in [6.45, 7) is 13.6. The molecule has 0 spiro atoms. The maximum atomic E-state index is 13.1. The zero-order valence-corrected chi connectivity index (χ0v) is 25.1. The molecule has 0 saturated carbocycles. The van der Waals surface area contributed by atoms with Crippen molar-refractivity contribution in [3.8, 4) is 0 Å². The lowest BCUT2D eigenvalue weighted by Gasteiger charge is -2.32. The molecule has 39 heavy (non-hydrogen) atoms. The van der Waals surface area contributed by atoms with Gasteiger partial charge in [0.2, 0.25) is 0 Å². The summed E-state index contributed by atoms with van der Waals surface area (Å²) in [6.07, 6.45) is 6.64. The van der Waals surface area contributed by atoms with Crippen molar-refractivity contribution >= 4 is 17.9 Å². The molecule has 0 aromatic rings. The standard InChI is InChI=1S/C30H50O9/c1-8-15-21-28(12-5,37-21)24(31)34-18-27(11-4,19-35-25(32)29(13-6)22(38-29)16-9-2)20-36-26(33)30(14-7)23(39-30)17-10-3/h21-23H,8-20H2,1-7H3/t21-,22-,23+,28-,29-,30+/m0/s1. The van der Waals surface area contributed by atoms with Crippen molar-refractivity contribution in [2.45, 2.75) is 148 Å². The topological polar surface area (TPSA) is 116 Å². The van der Waals surface area contributed by atoms with Crippen LogP contribution in [0.15, 0.2) is 0 Å². The van der Waals surface area contributed by atoms with E-state index >= 15 is 0 Å². The smallest absolute Gasteiger partial charge is 0.341 e. The van der Waals surface area contributed by atoms with Crippen LogP contribution in [0.4, 0.5) is 0 Å². The van der Waals surface area contributed by atoms with E-state index < -0.39 is 40.1 Å². The molecule has 0 unspecified atom stereocenters. The zero-order chi connectivity index (χ0) is 28.9.